The second kappa shape index (κ2) is 5.68. The molecule has 1 N–H and O–H groups in total. The molecule has 3 heteroatoms. The summed E-state index contributed by atoms with van der Waals surface area (Å²) in [5, 5.41) is 3.45. The number of nitrogens with one attached hydrogen (secondary N) is 1. The van der Waals surface area contributed by atoms with E-state index >= 15 is 0 Å². The van der Waals surface area contributed by atoms with Crippen molar-refractivity contribution < 1.29 is 4.39 Å². The van der Waals surface area contributed by atoms with Crippen LogP contribution in [0, 0.1) is 15.3 Å². The van der Waals surface area contributed by atoms with Gasteiger partial charge < -0.3 is 5.32 Å². The Labute approximate surface area is 105 Å². The number of benzene rings is 1. The van der Waals surface area contributed by atoms with Gasteiger partial charge in [0.25, 0.3) is 0 Å². The summed E-state index contributed by atoms with van der Waals surface area (Å²) in [6.45, 7) is 6.54. The van der Waals surface area contributed by atoms with Crippen molar-refractivity contribution in [2.24, 2.45) is 5.92 Å². The Morgan fingerprint density at radius 1 is 1.40 bits per heavy atom. The highest BCUT2D eigenvalue weighted by atomic mass is 127. The summed E-state index contributed by atoms with van der Waals surface area (Å²) in [6, 6.07) is 5.30. The summed E-state index contributed by atoms with van der Waals surface area (Å²) in [5.74, 6) is 0.401. The molecule has 0 aliphatic rings. The zero-order valence-corrected chi connectivity index (χ0v) is 11.5. The van der Waals surface area contributed by atoms with Crippen LogP contribution in [0.1, 0.15) is 27.2 Å². The first-order valence-corrected chi connectivity index (χ1v) is 6.34. The van der Waals surface area contributed by atoms with Crippen LogP contribution in [-0.4, -0.2) is 6.04 Å². The van der Waals surface area contributed by atoms with E-state index in [1.807, 2.05) is 6.07 Å². The summed E-state index contributed by atoms with van der Waals surface area (Å²) in [7, 11) is 0. The SMILES string of the molecule is CCC(Nc1ccc(F)cc1I)C(C)C. The lowest BCUT2D eigenvalue weighted by atomic mass is 10.0. The second-order valence-corrected chi connectivity index (χ2v) is 5.19. The Balaban J connectivity index is 2.79. The zero-order chi connectivity index (χ0) is 11.4. The maximum absolute atomic E-state index is 12.9. The van der Waals surface area contributed by atoms with E-state index in [0.29, 0.717) is 12.0 Å². The van der Waals surface area contributed by atoms with Crippen molar-refractivity contribution in [3.05, 3.63) is 27.6 Å². The van der Waals surface area contributed by atoms with Crippen LogP contribution >= 0.6 is 22.6 Å². The Hall–Kier alpha value is -0.320. The van der Waals surface area contributed by atoms with Crippen molar-refractivity contribution in [1.29, 1.82) is 0 Å². The van der Waals surface area contributed by atoms with Gasteiger partial charge in [0.2, 0.25) is 0 Å². The third-order valence-corrected chi connectivity index (χ3v) is 3.41. The van der Waals surface area contributed by atoms with Crippen molar-refractivity contribution in [1.82, 2.24) is 0 Å². The first-order chi connectivity index (χ1) is 7.04. The molecule has 1 aromatic carbocycles. The highest BCUT2D eigenvalue weighted by molar-refractivity contribution is 14.1. The van der Waals surface area contributed by atoms with Crippen LogP contribution < -0.4 is 5.32 Å². The van der Waals surface area contributed by atoms with Crippen molar-refractivity contribution >= 4 is 28.3 Å². The van der Waals surface area contributed by atoms with Crippen molar-refractivity contribution in [2.75, 3.05) is 5.32 Å². The van der Waals surface area contributed by atoms with E-state index in [9.17, 15) is 4.39 Å². The van der Waals surface area contributed by atoms with Crippen LogP contribution in [0.3, 0.4) is 0 Å². The van der Waals surface area contributed by atoms with Crippen LogP contribution in [0.25, 0.3) is 0 Å². The number of anilines is 1. The van der Waals surface area contributed by atoms with Gasteiger partial charge in [0.05, 0.1) is 0 Å². The van der Waals surface area contributed by atoms with Gasteiger partial charge in [-0.1, -0.05) is 20.8 Å². The minimum absolute atomic E-state index is 0.178. The molecule has 0 saturated heterocycles. The molecule has 84 valence electrons. The van der Waals surface area contributed by atoms with Crippen LogP contribution in [0.4, 0.5) is 10.1 Å². The average Bonchev–Trinajstić information content (AvgIpc) is 2.16. The fraction of sp³-hybridized carbons (Fsp3) is 0.500. The molecule has 0 bridgehead atoms. The summed E-state index contributed by atoms with van der Waals surface area (Å²) in [4.78, 5) is 0. The number of halogens is 2. The molecule has 0 aliphatic heterocycles. The summed E-state index contributed by atoms with van der Waals surface area (Å²) in [6.07, 6.45) is 1.07. The Morgan fingerprint density at radius 3 is 2.53 bits per heavy atom. The third-order valence-electron chi connectivity index (χ3n) is 2.52. The van der Waals surface area contributed by atoms with Gasteiger partial charge in [-0.05, 0) is 53.1 Å². The molecule has 0 fully saturated rings. The van der Waals surface area contributed by atoms with E-state index in [1.165, 1.54) is 6.07 Å². The molecule has 0 spiro atoms. The molecule has 0 saturated carbocycles. The lowest BCUT2D eigenvalue weighted by Crippen LogP contribution is -2.25. The predicted molar refractivity (Wildman–Crippen MR) is 71.7 cm³/mol. The monoisotopic (exact) mass is 321 g/mol. The zero-order valence-electron chi connectivity index (χ0n) is 9.35. The highest BCUT2D eigenvalue weighted by Gasteiger charge is 2.12. The van der Waals surface area contributed by atoms with Gasteiger partial charge in [0, 0.05) is 15.3 Å². The fourth-order valence-electron chi connectivity index (χ4n) is 1.55. The Kier molecular flexibility index (Phi) is 4.83. The lowest BCUT2D eigenvalue weighted by Gasteiger charge is -2.22. The standard InChI is InChI=1S/C12H17FIN/c1-4-11(8(2)3)15-12-6-5-9(13)7-10(12)14/h5-8,11,15H,4H2,1-3H3. The topological polar surface area (TPSA) is 12.0 Å². The van der Waals surface area contributed by atoms with Gasteiger partial charge in [-0.3, -0.25) is 0 Å². The largest absolute Gasteiger partial charge is 0.381 e. The van der Waals surface area contributed by atoms with Crippen LogP contribution in [0.5, 0.6) is 0 Å². The maximum Gasteiger partial charge on any atom is 0.124 e. The first-order valence-electron chi connectivity index (χ1n) is 5.26. The van der Waals surface area contributed by atoms with Gasteiger partial charge in [0.15, 0.2) is 0 Å². The smallest absolute Gasteiger partial charge is 0.124 e. The van der Waals surface area contributed by atoms with Gasteiger partial charge in [0.1, 0.15) is 5.82 Å². The van der Waals surface area contributed by atoms with Crippen LogP contribution in [0.2, 0.25) is 0 Å². The average molecular weight is 321 g/mol. The molecular weight excluding hydrogens is 304 g/mol. The van der Waals surface area contributed by atoms with E-state index in [4.69, 9.17) is 0 Å². The normalized spacial score (nSPS) is 12.9. The van der Waals surface area contributed by atoms with E-state index in [-0.39, 0.29) is 5.82 Å². The molecule has 0 heterocycles. The molecule has 0 amide bonds. The van der Waals surface area contributed by atoms with Gasteiger partial charge >= 0.3 is 0 Å². The quantitative estimate of drug-likeness (QED) is 0.817. The predicted octanol–water partition coefficient (Wildman–Crippen LogP) is 4.28. The van der Waals surface area contributed by atoms with Crippen molar-refractivity contribution in [3.63, 3.8) is 0 Å². The fourth-order valence-corrected chi connectivity index (χ4v) is 2.18. The van der Waals surface area contributed by atoms with Crippen molar-refractivity contribution in [3.8, 4) is 0 Å². The number of rotatable bonds is 4. The maximum atomic E-state index is 12.9. The van der Waals surface area contributed by atoms with Crippen molar-refractivity contribution in [2.45, 2.75) is 33.2 Å². The molecule has 0 radical (unpaired) electrons. The summed E-state index contributed by atoms with van der Waals surface area (Å²) < 4.78 is 13.8. The Bertz CT molecular complexity index is 325. The molecule has 1 unspecified atom stereocenters. The minimum Gasteiger partial charge on any atom is -0.381 e. The third kappa shape index (κ3) is 3.63. The van der Waals surface area contributed by atoms with E-state index in [2.05, 4.69) is 48.7 Å². The second-order valence-electron chi connectivity index (χ2n) is 4.03. The van der Waals surface area contributed by atoms with E-state index in [1.54, 1.807) is 6.07 Å². The van der Waals surface area contributed by atoms with Crippen LogP contribution in [0.15, 0.2) is 18.2 Å². The van der Waals surface area contributed by atoms with E-state index < -0.39 is 0 Å². The summed E-state index contributed by atoms with van der Waals surface area (Å²) in [5.41, 5.74) is 1.03. The summed E-state index contributed by atoms with van der Waals surface area (Å²) >= 11 is 2.16. The molecule has 15 heavy (non-hydrogen) atoms. The van der Waals surface area contributed by atoms with Gasteiger partial charge in [-0.15, -0.1) is 0 Å². The molecule has 0 aromatic heterocycles. The van der Waals surface area contributed by atoms with Crippen LogP contribution in [-0.2, 0) is 0 Å². The highest BCUT2D eigenvalue weighted by Crippen LogP contribution is 2.22. The van der Waals surface area contributed by atoms with E-state index in [0.717, 1.165) is 15.7 Å². The number of hydrogen-bond acceptors (Lipinski definition) is 1. The van der Waals surface area contributed by atoms with Gasteiger partial charge in [-0.2, -0.15) is 0 Å². The minimum atomic E-state index is -0.178. The molecule has 0 aliphatic carbocycles. The first kappa shape index (κ1) is 12.7. The number of hydrogen-bond donors (Lipinski definition) is 1. The Morgan fingerprint density at radius 2 is 2.07 bits per heavy atom. The molecular formula is C12H17FIN. The van der Waals surface area contributed by atoms with Gasteiger partial charge in [-0.25, -0.2) is 4.39 Å². The lowest BCUT2D eigenvalue weighted by molar-refractivity contribution is 0.511. The molecule has 1 rings (SSSR count). The molecule has 1 nitrogen and oxygen atoms in total. The molecule has 1 aromatic rings. The molecule has 1 atom stereocenters.